The average Bonchev–Trinajstić information content (AvgIpc) is 2.96. The normalized spacial score (nSPS) is 30.8. The van der Waals surface area contributed by atoms with Crippen LogP contribution in [0.2, 0.25) is 0 Å². The predicted octanol–water partition coefficient (Wildman–Crippen LogP) is 5.09. The number of amides is 2. The van der Waals surface area contributed by atoms with Crippen molar-refractivity contribution in [2.45, 2.75) is 76.9 Å². The van der Waals surface area contributed by atoms with E-state index in [9.17, 15) is 24.3 Å². The minimum Gasteiger partial charge on any atom is -0.497 e. The summed E-state index contributed by atoms with van der Waals surface area (Å²) in [6, 6.07) is 11.9. The van der Waals surface area contributed by atoms with Crippen molar-refractivity contribution in [3.05, 3.63) is 59.7 Å². The van der Waals surface area contributed by atoms with Crippen molar-refractivity contribution in [1.29, 1.82) is 0 Å². The van der Waals surface area contributed by atoms with E-state index in [1.54, 1.807) is 36.3 Å². The zero-order valence-electron chi connectivity index (χ0n) is 23.8. The Bertz CT molecular complexity index is 1330. The lowest BCUT2D eigenvalue weighted by Gasteiger charge is -2.58. The largest absolute Gasteiger partial charge is 0.497 e. The minimum absolute atomic E-state index is 0.102. The van der Waals surface area contributed by atoms with Gasteiger partial charge in [-0.15, -0.1) is 0 Å². The van der Waals surface area contributed by atoms with Crippen molar-refractivity contribution in [3.8, 4) is 5.75 Å². The van der Waals surface area contributed by atoms with E-state index >= 15 is 0 Å². The Balaban J connectivity index is 1.47. The van der Waals surface area contributed by atoms with Crippen LogP contribution in [0, 0.1) is 23.2 Å². The second kappa shape index (κ2) is 10.6. The number of ketones is 1. The summed E-state index contributed by atoms with van der Waals surface area (Å²) in [5.74, 6) is 0.0835. The monoisotopic (exact) mass is 558 g/mol. The quantitative estimate of drug-likeness (QED) is 0.530. The molecule has 1 aliphatic heterocycles. The van der Waals surface area contributed by atoms with Crippen LogP contribution in [0.15, 0.2) is 48.5 Å². The number of carboxylic acid groups (broad SMARTS) is 1. The summed E-state index contributed by atoms with van der Waals surface area (Å²) in [4.78, 5) is 57.3. The molecule has 2 atom stereocenters. The SMILES string of the molecule is COc1ccc(CN2C(=O)[C@@H](CC34CC5CC(CC(C5)C3)C4)N(C(C)=O)C(C(=O)O)CC(=O)c3ccccc32)cc1. The Morgan fingerprint density at radius 1 is 0.951 bits per heavy atom. The van der Waals surface area contributed by atoms with Gasteiger partial charge in [0.25, 0.3) is 0 Å². The van der Waals surface area contributed by atoms with Gasteiger partial charge in [0, 0.05) is 18.9 Å². The molecule has 4 aliphatic carbocycles. The lowest BCUT2D eigenvalue weighted by atomic mass is 9.48. The van der Waals surface area contributed by atoms with Gasteiger partial charge in [0.1, 0.15) is 17.8 Å². The van der Waals surface area contributed by atoms with Crippen LogP contribution in [-0.2, 0) is 20.9 Å². The molecular weight excluding hydrogens is 520 g/mol. The molecule has 1 unspecified atom stereocenters. The van der Waals surface area contributed by atoms with Crippen molar-refractivity contribution < 1.29 is 29.0 Å². The van der Waals surface area contributed by atoms with Crippen LogP contribution >= 0.6 is 0 Å². The molecule has 0 saturated heterocycles. The number of carboxylic acids is 1. The number of ether oxygens (including phenoxy) is 1. The number of rotatable bonds is 6. The maximum absolute atomic E-state index is 14.9. The minimum atomic E-state index is -1.42. The maximum Gasteiger partial charge on any atom is 0.326 e. The number of hydrogen-bond acceptors (Lipinski definition) is 5. The summed E-state index contributed by atoms with van der Waals surface area (Å²) in [7, 11) is 1.59. The molecule has 0 spiro atoms. The maximum atomic E-state index is 14.9. The molecule has 4 bridgehead atoms. The lowest BCUT2D eigenvalue weighted by molar-refractivity contribution is -0.156. The number of para-hydroxylation sites is 1. The van der Waals surface area contributed by atoms with Crippen LogP contribution in [0.1, 0.15) is 74.2 Å². The van der Waals surface area contributed by atoms with Crippen molar-refractivity contribution in [3.63, 3.8) is 0 Å². The topological polar surface area (TPSA) is 104 Å². The zero-order chi connectivity index (χ0) is 28.9. The highest BCUT2D eigenvalue weighted by atomic mass is 16.5. The Labute approximate surface area is 240 Å². The molecule has 1 N–H and O–H groups in total. The molecule has 2 aromatic carbocycles. The van der Waals surface area contributed by atoms with Gasteiger partial charge >= 0.3 is 5.97 Å². The smallest absolute Gasteiger partial charge is 0.326 e. The number of hydrogen-bond donors (Lipinski definition) is 1. The molecule has 2 aromatic rings. The molecule has 8 heteroatoms. The van der Waals surface area contributed by atoms with Crippen LogP contribution in [0.5, 0.6) is 5.75 Å². The fourth-order valence-corrected chi connectivity index (χ4v) is 8.82. The third-order valence-corrected chi connectivity index (χ3v) is 10.0. The molecule has 1 heterocycles. The van der Waals surface area contributed by atoms with Crippen LogP contribution in [0.4, 0.5) is 5.69 Å². The summed E-state index contributed by atoms with van der Waals surface area (Å²) in [5.41, 5.74) is 1.47. The second-order valence-corrected chi connectivity index (χ2v) is 12.8. The number of fused-ring (bicyclic) bond motifs is 1. The first-order valence-corrected chi connectivity index (χ1v) is 14.7. The first kappa shape index (κ1) is 27.5. The van der Waals surface area contributed by atoms with Crippen LogP contribution < -0.4 is 9.64 Å². The van der Waals surface area contributed by atoms with Gasteiger partial charge in [-0.3, -0.25) is 14.4 Å². The number of nitrogens with zero attached hydrogens (tertiary/aromatic N) is 2. The second-order valence-electron chi connectivity index (χ2n) is 12.8. The van der Waals surface area contributed by atoms with Gasteiger partial charge in [0.05, 0.1) is 19.3 Å². The fraction of sp³-hybridized carbons (Fsp3) is 0.515. The number of anilines is 1. The van der Waals surface area contributed by atoms with E-state index < -0.39 is 29.7 Å². The van der Waals surface area contributed by atoms with E-state index in [-0.39, 0.29) is 24.3 Å². The molecule has 7 rings (SSSR count). The summed E-state index contributed by atoms with van der Waals surface area (Å²) in [5, 5.41) is 10.3. The van der Waals surface area contributed by atoms with Gasteiger partial charge in [-0.05, 0) is 97.9 Å². The number of Topliss-reactive ketones (excluding diaryl/α,β-unsaturated/α-hetero) is 1. The number of methoxy groups -OCH3 is 1. The number of carbonyl (C=O) groups is 4. The Morgan fingerprint density at radius 2 is 1.56 bits per heavy atom. The average molecular weight is 559 g/mol. The third-order valence-electron chi connectivity index (χ3n) is 10.0. The molecule has 0 aromatic heterocycles. The van der Waals surface area contributed by atoms with Crippen molar-refractivity contribution in [1.82, 2.24) is 4.90 Å². The molecule has 216 valence electrons. The fourth-order valence-electron chi connectivity index (χ4n) is 8.82. The summed E-state index contributed by atoms with van der Waals surface area (Å²) >= 11 is 0. The summed E-state index contributed by atoms with van der Waals surface area (Å²) in [6.45, 7) is 1.49. The Morgan fingerprint density at radius 3 is 2.12 bits per heavy atom. The Kier molecular flexibility index (Phi) is 7.12. The molecular formula is C33H38N2O6. The number of aliphatic carboxylic acids is 1. The summed E-state index contributed by atoms with van der Waals surface area (Å²) in [6.07, 6.45) is 6.79. The molecule has 0 radical (unpaired) electrons. The first-order valence-electron chi connectivity index (χ1n) is 14.7. The van der Waals surface area contributed by atoms with Gasteiger partial charge in [-0.2, -0.15) is 0 Å². The molecule has 4 fully saturated rings. The van der Waals surface area contributed by atoms with Crippen LogP contribution in [0.3, 0.4) is 0 Å². The van der Waals surface area contributed by atoms with Crippen LogP contribution in [-0.4, -0.2) is 52.8 Å². The highest BCUT2D eigenvalue weighted by Crippen LogP contribution is 2.62. The number of benzene rings is 2. The van der Waals surface area contributed by atoms with Gasteiger partial charge in [-0.25, -0.2) is 4.79 Å². The Hall–Kier alpha value is -3.68. The standard InChI is InChI=1S/C33H38N2O6/c1-20(36)35-28(32(39)40)14-30(37)26-5-3-4-6-27(26)34(19-21-7-9-25(41-2)10-8-21)31(38)29(35)18-33-15-22-11-23(16-33)13-24(12-22)17-33/h3-10,22-24,28-29H,11-19H2,1-2H3,(H,39,40)/t22?,23?,24?,28?,29-,33?/m1/s1. The molecule has 5 aliphatic rings. The van der Waals surface area contributed by atoms with E-state index in [0.717, 1.165) is 24.8 Å². The first-order chi connectivity index (χ1) is 19.7. The van der Waals surface area contributed by atoms with E-state index in [0.29, 0.717) is 41.2 Å². The van der Waals surface area contributed by atoms with E-state index in [1.807, 2.05) is 24.3 Å². The number of carbonyl (C=O) groups excluding carboxylic acids is 3. The highest BCUT2D eigenvalue weighted by Gasteiger charge is 2.54. The molecule has 41 heavy (non-hydrogen) atoms. The third kappa shape index (κ3) is 5.13. The molecule has 2 amide bonds. The lowest BCUT2D eigenvalue weighted by Crippen LogP contribution is -2.59. The molecule has 4 saturated carbocycles. The van der Waals surface area contributed by atoms with Gasteiger partial charge in [0.2, 0.25) is 11.8 Å². The van der Waals surface area contributed by atoms with E-state index in [2.05, 4.69) is 0 Å². The van der Waals surface area contributed by atoms with Crippen molar-refractivity contribution in [2.24, 2.45) is 23.2 Å². The van der Waals surface area contributed by atoms with Gasteiger partial charge in [0.15, 0.2) is 5.78 Å². The van der Waals surface area contributed by atoms with E-state index in [1.165, 1.54) is 31.1 Å². The van der Waals surface area contributed by atoms with Crippen LogP contribution in [0.25, 0.3) is 0 Å². The predicted molar refractivity (Wildman–Crippen MR) is 153 cm³/mol. The molecule has 8 nitrogen and oxygen atoms in total. The van der Waals surface area contributed by atoms with Gasteiger partial charge in [-0.1, -0.05) is 24.3 Å². The van der Waals surface area contributed by atoms with E-state index in [4.69, 9.17) is 4.74 Å². The summed E-state index contributed by atoms with van der Waals surface area (Å²) < 4.78 is 5.30. The zero-order valence-corrected chi connectivity index (χ0v) is 23.8. The van der Waals surface area contributed by atoms with Crippen molar-refractivity contribution >= 4 is 29.3 Å². The highest BCUT2D eigenvalue weighted by molar-refractivity contribution is 6.10. The van der Waals surface area contributed by atoms with Crippen molar-refractivity contribution in [2.75, 3.05) is 12.0 Å². The van der Waals surface area contributed by atoms with Gasteiger partial charge < -0.3 is 19.6 Å².